The third-order valence-corrected chi connectivity index (χ3v) is 6.51. The molecule has 1 unspecified atom stereocenters. The van der Waals surface area contributed by atoms with Crippen molar-refractivity contribution in [1.82, 2.24) is 20.2 Å². The minimum Gasteiger partial charge on any atom is -0.480 e. The molecule has 7 heteroatoms. The Hall–Kier alpha value is -1.34. The third kappa shape index (κ3) is 3.17. The van der Waals surface area contributed by atoms with Crippen molar-refractivity contribution in [2.45, 2.75) is 30.1 Å². The fourth-order valence-electron chi connectivity index (χ4n) is 3.34. The maximum absolute atomic E-state index is 12.4. The van der Waals surface area contributed by atoms with E-state index in [9.17, 15) is 4.79 Å². The van der Waals surface area contributed by atoms with Crippen LogP contribution >= 0.6 is 11.8 Å². The molecule has 1 saturated carbocycles. The molecule has 0 radical (unpaired) electrons. The second-order valence-electron chi connectivity index (χ2n) is 6.85. The van der Waals surface area contributed by atoms with E-state index in [1.807, 2.05) is 16.7 Å². The Balaban J connectivity index is 1.29. The summed E-state index contributed by atoms with van der Waals surface area (Å²) in [6, 6.07) is 0.610. The highest BCUT2D eigenvalue weighted by atomic mass is 32.2. The van der Waals surface area contributed by atoms with Gasteiger partial charge < -0.3 is 15.0 Å². The molecule has 124 valence electrons. The van der Waals surface area contributed by atoms with Crippen molar-refractivity contribution in [2.24, 2.45) is 5.92 Å². The summed E-state index contributed by atoms with van der Waals surface area (Å²) in [5.74, 6) is 2.49. The van der Waals surface area contributed by atoms with E-state index < -0.39 is 0 Å². The van der Waals surface area contributed by atoms with Crippen LogP contribution in [-0.2, 0) is 0 Å². The van der Waals surface area contributed by atoms with Gasteiger partial charge in [-0.25, -0.2) is 9.97 Å². The maximum Gasteiger partial charge on any atom is 0.274 e. The predicted molar refractivity (Wildman–Crippen MR) is 88.8 cm³/mol. The number of methoxy groups -OCH3 is 1. The van der Waals surface area contributed by atoms with E-state index >= 15 is 0 Å². The summed E-state index contributed by atoms with van der Waals surface area (Å²) in [6.45, 7) is 2.82. The molecule has 3 fully saturated rings. The van der Waals surface area contributed by atoms with Crippen LogP contribution in [0.25, 0.3) is 0 Å². The normalized spacial score (nSPS) is 25.4. The standard InChI is InChI=1S/C16H22N4O2S/c1-22-14-7-18-13(6-19-14)15(21)20-9-16(10-20)4-12(8-23-16)17-5-11-2-3-11/h6-7,11-12,17H,2-5,8-10H2,1H3. The Bertz CT molecular complexity index is 584. The molecule has 1 N–H and O–H groups in total. The molecular formula is C16H22N4O2S. The van der Waals surface area contributed by atoms with Gasteiger partial charge in [0.2, 0.25) is 5.88 Å². The number of amides is 1. The van der Waals surface area contributed by atoms with Gasteiger partial charge in [-0.1, -0.05) is 0 Å². The van der Waals surface area contributed by atoms with Crippen molar-refractivity contribution in [3.63, 3.8) is 0 Å². The van der Waals surface area contributed by atoms with Crippen molar-refractivity contribution in [2.75, 3.05) is 32.5 Å². The number of nitrogens with one attached hydrogen (secondary N) is 1. The van der Waals surface area contributed by atoms with Crippen molar-refractivity contribution >= 4 is 17.7 Å². The summed E-state index contributed by atoms with van der Waals surface area (Å²) in [5.41, 5.74) is 0.395. The molecule has 3 aliphatic rings. The monoisotopic (exact) mass is 334 g/mol. The molecule has 1 aromatic heterocycles. The summed E-state index contributed by atoms with van der Waals surface area (Å²) < 4.78 is 5.23. The van der Waals surface area contributed by atoms with Crippen LogP contribution in [0.4, 0.5) is 0 Å². The number of rotatable bonds is 5. The minimum absolute atomic E-state index is 0.0271. The van der Waals surface area contributed by atoms with E-state index in [0.29, 0.717) is 17.6 Å². The molecule has 6 nitrogen and oxygen atoms in total. The second kappa shape index (κ2) is 5.94. The fourth-order valence-corrected chi connectivity index (χ4v) is 4.94. The first-order valence-corrected chi connectivity index (χ1v) is 9.19. The van der Waals surface area contributed by atoms with Crippen LogP contribution in [0.5, 0.6) is 5.88 Å². The van der Waals surface area contributed by atoms with Gasteiger partial charge in [-0.3, -0.25) is 4.79 Å². The first kappa shape index (κ1) is 15.2. The van der Waals surface area contributed by atoms with Crippen LogP contribution in [0.2, 0.25) is 0 Å². The average molecular weight is 334 g/mol. The van der Waals surface area contributed by atoms with Gasteiger partial charge in [0.1, 0.15) is 5.69 Å². The Morgan fingerprint density at radius 2 is 2.26 bits per heavy atom. The van der Waals surface area contributed by atoms with Crippen LogP contribution in [0.3, 0.4) is 0 Å². The zero-order chi connectivity index (χ0) is 15.9. The number of aromatic nitrogens is 2. The SMILES string of the molecule is COc1cnc(C(=O)N2CC3(CC(NCC4CC4)CS3)C2)cn1. The molecule has 1 aliphatic carbocycles. The van der Waals surface area contributed by atoms with Gasteiger partial charge in [0, 0.05) is 24.9 Å². The smallest absolute Gasteiger partial charge is 0.274 e. The Morgan fingerprint density at radius 1 is 1.43 bits per heavy atom. The highest BCUT2D eigenvalue weighted by Crippen LogP contribution is 2.45. The van der Waals surface area contributed by atoms with Crippen LogP contribution < -0.4 is 10.1 Å². The largest absolute Gasteiger partial charge is 0.480 e. The molecule has 0 aromatic carbocycles. The summed E-state index contributed by atoms with van der Waals surface area (Å²) >= 11 is 2.02. The fraction of sp³-hybridized carbons (Fsp3) is 0.688. The summed E-state index contributed by atoms with van der Waals surface area (Å²) in [4.78, 5) is 22.5. The van der Waals surface area contributed by atoms with E-state index in [1.54, 1.807) is 0 Å². The second-order valence-corrected chi connectivity index (χ2v) is 8.34. The number of hydrogen-bond donors (Lipinski definition) is 1. The number of carbonyl (C=O) groups excluding carboxylic acids is 1. The Kier molecular flexibility index (Phi) is 3.93. The van der Waals surface area contributed by atoms with Crippen LogP contribution in [0, 0.1) is 5.92 Å². The molecule has 1 atom stereocenters. The molecule has 1 spiro atoms. The molecular weight excluding hydrogens is 312 g/mol. The lowest BCUT2D eigenvalue weighted by atomic mass is 9.91. The molecule has 23 heavy (non-hydrogen) atoms. The number of nitrogens with zero attached hydrogens (tertiary/aromatic N) is 3. The number of hydrogen-bond acceptors (Lipinski definition) is 6. The molecule has 3 heterocycles. The zero-order valence-electron chi connectivity index (χ0n) is 13.3. The first-order chi connectivity index (χ1) is 11.2. The third-order valence-electron chi connectivity index (χ3n) is 4.90. The molecule has 4 rings (SSSR count). The van der Waals surface area contributed by atoms with Crippen molar-refractivity contribution < 1.29 is 9.53 Å². The van der Waals surface area contributed by atoms with Crippen LogP contribution in [0.15, 0.2) is 12.4 Å². The van der Waals surface area contributed by atoms with E-state index in [-0.39, 0.29) is 10.7 Å². The van der Waals surface area contributed by atoms with E-state index in [4.69, 9.17) is 4.74 Å². The van der Waals surface area contributed by atoms with E-state index in [1.165, 1.54) is 45.3 Å². The van der Waals surface area contributed by atoms with Gasteiger partial charge in [0.25, 0.3) is 5.91 Å². The molecule has 1 aromatic rings. The van der Waals surface area contributed by atoms with Crippen molar-refractivity contribution in [1.29, 1.82) is 0 Å². The van der Waals surface area contributed by atoms with E-state index in [0.717, 1.165) is 24.8 Å². The summed E-state index contributed by atoms with van der Waals surface area (Å²) in [6.07, 6.45) is 6.94. The van der Waals surface area contributed by atoms with Gasteiger partial charge in [0.15, 0.2) is 0 Å². The number of carbonyl (C=O) groups is 1. The average Bonchev–Trinajstić information content (AvgIpc) is 3.28. The Labute approximate surface area is 140 Å². The number of thioether (sulfide) groups is 1. The number of ether oxygens (including phenoxy) is 1. The van der Waals surface area contributed by atoms with Gasteiger partial charge in [-0.15, -0.1) is 11.8 Å². The molecule has 0 bridgehead atoms. The number of likely N-dealkylation sites (tertiary alicyclic amines) is 1. The van der Waals surface area contributed by atoms with Crippen LogP contribution in [-0.4, -0.2) is 64.1 Å². The molecule has 2 aliphatic heterocycles. The maximum atomic E-state index is 12.4. The lowest BCUT2D eigenvalue weighted by molar-refractivity contribution is 0.0545. The van der Waals surface area contributed by atoms with Gasteiger partial charge in [-0.2, -0.15) is 0 Å². The van der Waals surface area contributed by atoms with E-state index in [2.05, 4.69) is 15.3 Å². The van der Waals surface area contributed by atoms with Crippen molar-refractivity contribution in [3.8, 4) is 5.88 Å². The van der Waals surface area contributed by atoms with Gasteiger partial charge >= 0.3 is 0 Å². The topological polar surface area (TPSA) is 67.3 Å². The van der Waals surface area contributed by atoms with Gasteiger partial charge in [-0.05, 0) is 31.7 Å². The highest BCUT2D eigenvalue weighted by molar-refractivity contribution is 8.01. The lowest BCUT2D eigenvalue weighted by Gasteiger charge is -2.47. The van der Waals surface area contributed by atoms with Gasteiger partial charge in [0.05, 0.1) is 24.3 Å². The highest BCUT2D eigenvalue weighted by Gasteiger charge is 2.50. The quantitative estimate of drug-likeness (QED) is 0.872. The molecule has 2 saturated heterocycles. The predicted octanol–water partition coefficient (Wildman–Crippen LogP) is 1.18. The summed E-state index contributed by atoms with van der Waals surface area (Å²) in [7, 11) is 1.54. The minimum atomic E-state index is -0.0271. The lowest BCUT2D eigenvalue weighted by Crippen LogP contribution is -2.61. The molecule has 1 amide bonds. The van der Waals surface area contributed by atoms with Crippen LogP contribution in [0.1, 0.15) is 29.8 Å². The van der Waals surface area contributed by atoms with Crippen molar-refractivity contribution in [3.05, 3.63) is 18.1 Å². The Morgan fingerprint density at radius 3 is 2.91 bits per heavy atom. The first-order valence-electron chi connectivity index (χ1n) is 8.20. The summed E-state index contributed by atoms with van der Waals surface area (Å²) in [5, 5.41) is 3.69. The zero-order valence-corrected chi connectivity index (χ0v) is 14.1.